The summed E-state index contributed by atoms with van der Waals surface area (Å²) in [7, 11) is 0. The molecule has 2 fully saturated rings. The van der Waals surface area contributed by atoms with Gasteiger partial charge in [-0.15, -0.1) is 0 Å². The van der Waals surface area contributed by atoms with Gasteiger partial charge in [0.05, 0.1) is 6.04 Å². The van der Waals surface area contributed by atoms with Gasteiger partial charge in [0.1, 0.15) is 0 Å². The Morgan fingerprint density at radius 3 is 2.93 bits per heavy atom. The normalized spacial score (nSPS) is 27.9. The van der Waals surface area contributed by atoms with Gasteiger partial charge in [-0.1, -0.05) is 5.16 Å². The van der Waals surface area contributed by atoms with Gasteiger partial charge in [0.25, 0.3) is 0 Å². The van der Waals surface area contributed by atoms with Crippen LogP contribution in [0.4, 0.5) is 0 Å². The van der Waals surface area contributed by atoms with Crippen LogP contribution in [0.2, 0.25) is 0 Å². The summed E-state index contributed by atoms with van der Waals surface area (Å²) in [5, 5.41) is 10.6. The number of nitrogens with zero attached hydrogens (tertiary/aromatic N) is 2. The van der Waals surface area contributed by atoms with Crippen LogP contribution in [0.5, 0.6) is 0 Å². The lowest BCUT2D eigenvalue weighted by Gasteiger charge is -2.23. The second-order valence-corrected chi connectivity index (χ2v) is 3.99. The van der Waals surface area contributed by atoms with Crippen LogP contribution >= 0.6 is 0 Å². The molecule has 2 aliphatic heterocycles. The smallest absolute Gasteiger partial charge is 0.243 e. The van der Waals surface area contributed by atoms with E-state index in [0.29, 0.717) is 12.0 Å². The summed E-state index contributed by atoms with van der Waals surface area (Å²) in [4.78, 5) is 4.43. The topological polar surface area (TPSA) is 63.0 Å². The Hall–Kier alpha value is -0.940. The van der Waals surface area contributed by atoms with Crippen LogP contribution in [0.15, 0.2) is 4.52 Å². The van der Waals surface area contributed by atoms with E-state index in [2.05, 4.69) is 20.8 Å². The maximum Gasteiger partial charge on any atom is 0.243 e. The Morgan fingerprint density at radius 1 is 1.36 bits per heavy atom. The van der Waals surface area contributed by atoms with Gasteiger partial charge in [0.2, 0.25) is 5.89 Å². The Kier molecular flexibility index (Phi) is 1.99. The summed E-state index contributed by atoms with van der Waals surface area (Å²) in [6.45, 7) is 3.03. The number of hydrogen-bond donors (Lipinski definition) is 2. The molecular weight excluding hydrogens is 180 g/mol. The minimum Gasteiger partial charge on any atom is -0.338 e. The first-order chi connectivity index (χ1) is 6.93. The van der Waals surface area contributed by atoms with E-state index in [1.807, 2.05) is 0 Å². The van der Waals surface area contributed by atoms with Crippen molar-refractivity contribution in [1.82, 2.24) is 20.8 Å². The lowest BCUT2D eigenvalue weighted by Crippen LogP contribution is -2.40. The summed E-state index contributed by atoms with van der Waals surface area (Å²) in [5.74, 6) is 2.10. The fourth-order valence-corrected chi connectivity index (χ4v) is 1.92. The van der Waals surface area contributed by atoms with E-state index in [1.165, 1.54) is 6.42 Å². The maximum absolute atomic E-state index is 5.25. The van der Waals surface area contributed by atoms with Crippen molar-refractivity contribution >= 4 is 0 Å². The van der Waals surface area contributed by atoms with Gasteiger partial charge in [-0.2, -0.15) is 4.98 Å². The molecule has 0 aliphatic carbocycles. The molecule has 14 heavy (non-hydrogen) atoms. The Balaban J connectivity index is 1.75. The van der Waals surface area contributed by atoms with Crippen molar-refractivity contribution in [2.45, 2.75) is 24.8 Å². The van der Waals surface area contributed by atoms with Gasteiger partial charge in [0, 0.05) is 19.0 Å². The first kappa shape index (κ1) is 8.38. The molecule has 5 nitrogen and oxygen atoms in total. The molecule has 5 heteroatoms. The molecule has 1 atom stereocenters. The van der Waals surface area contributed by atoms with Crippen LogP contribution < -0.4 is 10.6 Å². The monoisotopic (exact) mass is 194 g/mol. The molecule has 0 unspecified atom stereocenters. The number of nitrogens with one attached hydrogen (secondary N) is 2. The maximum atomic E-state index is 5.25. The predicted octanol–water partition coefficient (Wildman–Crippen LogP) is 0.181. The van der Waals surface area contributed by atoms with Crippen molar-refractivity contribution in [3.05, 3.63) is 11.7 Å². The zero-order valence-corrected chi connectivity index (χ0v) is 7.99. The summed E-state index contributed by atoms with van der Waals surface area (Å²) < 4.78 is 5.25. The number of aromatic nitrogens is 2. The standard InChI is InChI=1S/C9H14N4O/c1-2-7(11-3-1)9-12-8(13-14-9)6-4-10-5-6/h6-7,10-11H,1-5H2/t7-/m0/s1. The molecule has 0 radical (unpaired) electrons. The largest absolute Gasteiger partial charge is 0.338 e. The molecule has 2 N–H and O–H groups in total. The molecule has 1 aromatic rings. The van der Waals surface area contributed by atoms with Gasteiger partial charge in [-0.05, 0) is 19.4 Å². The lowest BCUT2D eigenvalue weighted by atomic mass is 10.0. The van der Waals surface area contributed by atoms with E-state index in [9.17, 15) is 0 Å². The Morgan fingerprint density at radius 2 is 2.29 bits per heavy atom. The highest BCUT2D eigenvalue weighted by molar-refractivity contribution is 5.04. The van der Waals surface area contributed by atoms with Gasteiger partial charge >= 0.3 is 0 Å². The van der Waals surface area contributed by atoms with E-state index in [1.54, 1.807) is 0 Å². The van der Waals surface area contributed by atoms with E-state index >= 15 is 0 Å². The lowest BCUT2D eigenvalue weighted by molar-refractivity contribution is 0.332. The summed E-state index contributed by atoms with van der Waals surface area (Å²) in [6.07, 6.45) is 2.32. The van der Waals surface area contributed by atoms with Gasteiger partial charge in [-0.3, -0.25) is 0 Å². The Labute approximate surface area is 82.3 Å². The molecule has 2 aliphatic rings. The molecule has 3 heterocycles. The third-order valence-electron chi connectivity index (χ3n) is 2.96. The van der Waals surface area contributed by atoms with Crippen LogP contribution in [0, 0.1) is 0 Å². The van der Waals surface area contributed by atoms with Crippen molar-refractivity contribution in [2.75, 3.05) is 19.6 Å². The molecule has 2 saturated heterocycles. The van der Waals surface area contributed by atoms with Gasteiger partial charge in [-0.25, -0.2) is 0 Å². The zero-order chi connectivity index (χ0) is 9.38. The van der Waals surface area contributed by atoms with Crippen molar-refractivity contribution in [3.8, 4) is 0 Å². The van der Waals surface area contributed by atoms with Crippen molar-refractivity contribution in [3.63, 3.8) is 0 Å². The van der Waals surface area contributed by atoms with Crippen LogP contribution in [-0.4, -0.2) is 29.8 Å². The molecule has 0 amide bonds. The van der Waals surface area contributed by atoms with Crippen molar-refractivity contribution < 1.29 is 4.52 Å². The fourth-order valence-electron chi connectivity index (χ4n) is 1.92. The fraction of sp³-hybridized carbons (Fsp3) is 0.778. The van der Waals surface area contributed by atoms with E-state index in [4.69, 9.17) is 4.52 Å². The molecular formula is C9H14N4O. The molecule has 0 saturated carbocycles. The quantitative estimate of drug-likeness (QED) is 0.703. The molecule has 76 valence electrons. The van der Waals surface area contributed by atoms with Crippen LogP contribution in [0.3, 0.4) is 0 Å². The molecule has 3 rings (SSSR count). The minimum atomic E-state index is 0.296. The van der Waals surface area contributed by atoms with Gasteiger partial charge in [0.15, 0.2) is 5.82 Å². The SMILES string of the molecule is C1CN[C@H](c2nc(C3CNC3)no2)C1. The predicted molar refractivity (Wildman–Crippen MR) is 49.9 cm³/mol. The second kappa shape index (κ2) is 3.33. The molecule has 0 spiro atoms. The first-order valence-corrected chi connectivity index (χ1v) is 5.21. The highest BCUT2D eigenvalue weighted by Gasteiger charge is 2.27. The van der Waals surface area contributed by atoms with Crippen LogP contribution in [0.1, 0.15) is 36.5 Å². The zero-order valence-electron chi connectivity index (χ0n) is 7.99. The highest BCUT2D eigenvalue weighted by atomic mass is 16.5. The average Bonchev–Trinajstić information content (AvgIpc) is 2.65. The Bertz CT molecular complexity index is 314. The van der Waals surface area contributed by atoms with Crippen molar-refractivity contribution in [2.24, 2.45) is 0 Å². The van der Waals surface area contributed by atoms with Crippen LogP contribution in [-0.2, 0) is 0 Å². The van der Waals surface area contributed by atoms with E-state index in [0.717, 1.165) is 37.8 Å². The summed E-state index contributed by atoms with van der Waals surface area (Å²) in [5.41, 5.74) is 0. The van der Waals surface area contributed by atoms with E-state index in [-0.39, 0.29) is 0 Å². The molecule has 0 bridgehead atoms. The first-order valence-electron chi connectivity index (χ1n) is 5.21. The van der Waals surface area contributed by atoms with Crippen LogP contribution in [0.25, 0.3) is 0 Å². The average molecular weight is 194 g/mol. The third kappa shape index (κ3) is 1.33. The highest BCUT2D eigenvalue weighted by Crippen LogP contribution is 2.23. The molecule has 0 aromatic carbocycles. The summed E-state index contributed by atoms with van der Waals surface area (Å²) >= 11 is 0. The second-order valence-electron chi connectivity index (χ2n) is 3.99. The number of rotatable bonds is 2. The summed E-state index contributed by atoms with van der Waals surface area (Å²) in [6, 6.07) is 0.296. The minimum absolute atomic E-state index is 0.296. The molecule has 1 aromatic heterocycles. The van der Waals surface area contributed by atoms with Gasteiger partial charge < -0.3 is 15.2 Å². The van der Waals surface area contributed by atoms with E-state index < -0.39 is 0 Å². The van der Waals surface area contributed by atoms with Crippen molar-refractivity contribution in [1.29, 1.82) is 0 Å². The number of hydrogen-bond acceptors (Lipinski definition) is 5. The third-order valence-corrected chi connectivity index (χ3v) is 2.96.